The molecule has 18 heavy (non-hydrogen) atoms. The number of aromatic nitrogens is 4. The van der Waals surface area contributed by atoms with Gasteiger partial charge < -0.3 is 5.32 Å². The van der Waals surface area contributed by atoms with Crippen molar-refractivity contribution in [2.75, 3.05) is 11.9 Å². The number of anilines is 1. The van der Waals surface area contributed by atoms with Gasteiger partial charge in [0.2, 0.25) is 0 Å². The highest BCUT2D eigenvalue weighted by Gasteiger charge is 2.10. The second kappa shape index (κ2) is 5.16. The van der Waals surface area contributed by atoms with Gasteiger partial charge in [0.05, 0.1) is 5.69 Å². The lowest BCUT2D eigenvalue weighted by Gasteiger charge is -2.07. The summed E-state index contributed by atoms with van der Waals surface area (Å²) in [4.78, 5) is 8.48. The van der Waals surface area contributed by atoms with Crippen molar-refractivity contribution in [1.29, 1.82) is 0 Å². The zero-order chi connectivity index (χ0) is 13.1. The summed E-state index contributed by atoms with van der Waals surface area (Å²) >= 11 is 0. The van der Waals surface area contributed by atoms with Crippen molar-refractivity contribution in [3.8, 4) is 5.82 Å². The standard InChI is InChI=1S/C13H19N5/c1-5-6-14-12-7-13(16-8-15-12)18-11(4)9(2)10(3)17-18/h7-8H,5-6H2,1-4H3,(H,14,15,16). The second-order valence-corrected chi connectivity index (χ2v) is 4.40. The molecule has 2 rings (SSSR count). The first-order chi connectivity index (χ1) is 8.63. The van der Waals surface area contributed by atoms with Crippen LogP contribution in [-0.2, 0) is 0 Å². The first-order valence-corrected chi connectivity index (χ1v) is 6.22. The SMILES string of the molecule is CCCNc1cc(-n2nc(C)c(C)c2C)ncn1. The van der Waals surface area contributed by atoms with Crippen LogP contribution in [0, 0.1) is 20.8 Å². The molecule has 0 unspecified atom stereocenters. The predicted molar refractivity (Wildman–Crippen MR) is 72.1 cm³/mol. The van der Waals surface area contributed by atoms with Gasteiger partial charge in [-0.05, 0) is 32.8 Å². The Bertz CT molecular complexity index is 544. The lowest BCUT2D eigenvalue weighted by atomic mass is 10.2. The fourth-order valence-corrected chi connectivity index (χ4v) is 1.76. The molecule has 1 N–H and O–H groups in total. The summed E-state index contributed by atoms with van der Waals surface area (Å²) < 4.78 is 1.86. The molecule has 5 nitrogen and oxygen atoms in total. The van der Waals surface area contributed by atoms with Gasteiger partial charge in [0.15, 0.2) is 5.82 Å². The lowest BCUT2D eigenvalue weighted by molar-refractivity contribution is 0.800. The molecular weight excluding hydrogens is 226 g/mol. The molecule has 0 aliphatic rings. The van der Waals surface area contributed by atoms with E-state index in [9.17, 15) is 0 Å². The first kappa shape index (κ1) is 12.5. The summed E-state index contributed by atoms with van der Waals surface area (Å²) in [6.07, 6.45) is 2.64. The molecule has 0 aromatic carbocycles. The van der Waals surface area contributed by atoms with Crippen molar-refractivity contribution in [2.24, 2.45) is 0 Å². The molecule has 0 aliphatic carbocycles. The Labute approximate surface area is 107 Å². The summed E-state index contributed by atoms with van der Waals surface area (Å²) in [6, 6.07) is 1.93. The summed E-state index contributed by atoms with van der Waals surface area (Å²) in [5.74, 6) is 1.64. The van der Waals surface area contributed by atoms with Gasteiger partial charge in [-0.3, -0.25) is 0 Å². The quantitative estimate of drug-likeness (QED) is 0.898. The van der Waals surface area contributed by atoms with Gasteiger partial charge >= 0.3 is 0 Å². The van der Waals surface area contributed by atoms with E-state index in [0.29, 0.717) is 0 Å². The molecule has 0 saturated heterocycles. The van der Waals surface area contributed by atoms with Crippen LogP contribution in [0.1, 0.15) is 30.3 Å². The van der Waals surface area contributed by atoms with Crippen molar-refractivity contribution >= 4 is 5.82 Å². The molecule has 0 aliphatic heterocycles. The fourth-order valence-electron chi connectivity index (χ4n) is 1.76. The minimum atomic E-state index is 0.803. The van der Waals surface area contributed by atoms with Crippen LogP contribution in [0.3, 0.4) is 0 Å². The highest BCUT2D eigenvalue weighted by atomic mass is 15.3. The summed E-state index contributed by atoms with van der Waals surface area (Å²) in [5.41, 5.74) is 3.36. The molecule has 0 saturated carbocycles. The van der Waals surface area contributed by atoms with Gasteiger partial charge in [0, 0.05) is 18.3 Å². The molecule has 0 fully saturated rings. The van der Waals surface area contributed by atoms with Crippen LogP contribution in [0.15, 0.2) is 12.4 Å². The smallest absolute Gasteiger partial charge is 0.159 e. The average Bonchev–Trinajstić information content (AvgIpc) is 2.64. The molecule has 2 aromatic heterocycles. The van der Waals surface area contributed by atoms with Crippen LogP contribution in [0.25, 0.3) is 5.82 Å². The van der Waals surface area contributed by atoms with E-state index in [4.69, 9.17) is 0 Å². The van der Waals surface area contributed by atoms with E-state index in [1.54, 1.807) is 6.33 Å². The Morgan fingerprint density at radius 1 is 1.22 bits per heavy atom. The van der Waals surface area contributed by atoms with Crippen molar-refractivity contribution < 1.29 is 0 Å². The van der Waals surface area contributed by atoms with Crippen molar-refractivity contribution in [3.63, 3.8) is 0 Å². The van der Waals surface area contributed by atoms with E-state index < -0.39 is 0 Å². The maximum atomic E-state index is 4.50. The Morgan fingerprint density at radius 3 is 2.61 bits per heavy atom. The maximum Gasteiger partial charge on any atom is 0.159 e. The van der Waals surface area contributed by atoms with E-state index in [2.05, 4.69) is 41.2 Å². The number of hydrogen-bond donors (Lipinski definition) is 1. The third-order valence-corrected chi connectivity index (χ3v) is 3.08. The number of hydrogen-bond acceptors (Lipinski definition) is 4. The zero-order valence-electron chi connectivity index (χ0n) is 11.4. The van der Waals surface area contributed by atoms with Crippen LogP contribution >= 0.6 is 0 Å². The Hall–Kier alpha value is -1.91. The Balaban J connectivity index is 2.35. The summed E-state index contributed by atoms with van der Waals surface area (Å²) in [5, 5.41) is 7.75. The normalized spacial score (nSPS) is 10.7. The van der Waals surface area contributed by atoms with Gasteiger partial charge in [-0.15, -0.1) is 0 Å². The van der Waals surface area contributed by atoms with Crippen LogP contribution in [0.4, 0.5) is 5.82 Å². The van der Waals surface area contributed by atoms with Gasteiger partial charge in [-0.25, -0.2) is 14.6 Å². The molecular formula is C13H19N5. The maximum absolute atomic E-state index is 4.50. The number of nitrogens with zero attached hydrogens (tertiary/aromatic N) is 4. The lowest BCUT2D eigenvalue weighted by Crippen LogP contribution is -2.06. The van der Waals surface area contributed by atoms with Crippen molar-refractivity contribution in [3.05, 3.63) is 29.3 Å². The zero-order valence-corrected chi connectivity index (χ0v) is 11.4. The minimum Gasteiger partial charge on any atom is -0.370 e. The van der Waals surface area contributed by atoms with Gasteiger partial charge in [0.1, 0.15) is 12.1 Å². The van der Waals surface area contributed by atoms with E-state index in [0.717, 1.165) is 36.0 Å². The third-order valence-electron chi connectivity index (χ3n) is 3.08. The molecule has 96 valence electrons. The minimum absolute atomic E-state index is 0.803. The van der Waals surface area contributed by atoms with Gasteiger partial charge in [0.25, 0.3) is 0 Å². The number of nitrogens with one attached hydrogen (secondary N) is 1. The van der Waals surface area contributed by atoms with Crippen LogP contribution in [0.5, 0.6) is 0 Å². The number of aryl methyl sites for hydroxylation is 1. The van der Waals surface area contributed by atoms with Crippen LogP contribution < -0.4 is 5.32 Å². The highest BCUT2D eigenvalue weighted by molar-refractivity contribution is 5.41. The second-order valence-electron chi connectivity index (χ2n) is 4.40. The molecule has 0 amide bonds. The molecule has 0 spiro atoms. The molecule has 0 bridgehead atoms. The van der Waals surface area contributed by atoms with Crippen molar-refractivity contribution in [1.82, 2.24) is 19.7 Å². The molecule has 2 aromatic rings. The van der Waals surface area contributed by atoms with Crippen LogP contribution in [-0.4, -0.2) is 26.3 Å². The van der Waals surface area contributed by atoms with E-state index >= 15 is 0 Å². The van der Waals surface area contributed by atoms with Gasteiger partial charge in [-0.2, -0.15) is 5.10 Å². The molecule has 5 heteroatoms. The predicted octanol–water partition coefficient (Wildman–Crippen LogP) is 2.41. The van der Waals surface area contributed by atoms with Crippen molar-refractivity contribution in [2.45, 2.75) is 34.1 Å². The molecule has 0 atom stereocenters. The molecule has 0 radical (unpaired) electrons. The fraction of sp³-hybridized carbons (Fsp3) is 0.462. The first-order valence-electron chi connectivity index (χ1n) is 6.22. The monoisotopic (exact) mass is 245 g/mol. The third kappa shape index (κ3) is 2.34. The topological polar surface area (TPSA) is 55.6 Å². The largest absolute Gasteiger partial charge is 0.370 e. The van der Waals surface area contributed by atoms with E-state index in [-0.39, 0.29) is 0 Å². The summed E-state index contributed by atoms with van der Waals surface area (Å²) in [6.45, 7) is 9.17. The highest BCUT2D eigenvalue weighted by Crippen LogP contribution is 2.16. The average molecular weight is 245 g/mol. The summed E-state index contributed by atoms with van der Waals surface area (Å²) in [7, 11) is 0. The molecule has 2 heterocycles. The number of rotatable bonds is 4. The Morgan fingerprint density at radius 2 is 2.00 bits per heavy atom. The van der Waals surface area contributed by atoms with Crippen LogP contribution in [0.2, 0.25) is 0 Å². The van der Waals surface area contributed by atoms with E-state index in [1.807, 2.05) is 17.7 Å². The van der Waals surface area contributed by atoms with E-state index in [1.165, 1.54) is 5.56 Å². The van der Waals surface area contributed by atoms with Gasteiger partial charge in [-0.1, -0.05) is 6.92 Å². The Kier molecular flexibility index (Phi) is 3.60.